The molecule has 44 heavy (non-hydrogen) atoms. The third-order valence-corrected chi connectivity index (χ3v) is 8.82. The second-order valence-corrected chi connectivity index (χ2v) is 11.9. The summed E-state index contributed by atoms with van der Waals surface area (Å²) in [5.74, 6) is 1.51. The Hall–Kier alpha value is -4.04. The van der Waals surface area contributed by atoms with Crippen LogP contribution in [0.5, 0.6) is 5.75 Å². The van der Waals surface area contributed by atoms with E-state index >= 15 is 0 Å². The molecule has 0 radical (unpaired) electrons. The van der Waals surface area contributed by atoms with Gasteiger partial charge in [0.05, 0.1) is 31.0 Å². The Morgan fingerprint density at radius 2 is 1.73 bits per heavy atom. The minimum atomic E-state index is -0.0269. The first-order valence-corrected chi connectivity index (χ1v) is 15.7. The molecule has 0 aliphatic carbocycles. The van der Waals surface area contributed by atoms with E-state index in [4.69, 9.17) is 14.5 Å². The van der Waals surface area contributed by atoms with Crippen molar-refractivity contribution in [2.24, 2.45) is 0 Å². The normalized spacial score (nSPS) is 18.6. The number of piperazine rings is 1. The Kier molecular flexibility index (Phi) is 9.66. The quantitative estimate of drug-likeness (QED) is 0.389. The molecule has 1 aromatic heterocycles. The largest absolute Gasteiger partial charge is 0.489 e. The third kappa shape index (κ3) is 7.53. The summed E-state index contributed by atoms with van der Waals surface area (Å²) in [4.78, 5) is 31.0. The van der Waals surface area contributed by atoms with Gasteiger partial charge < -0.3 is 24.2 Å². The van der Waals surface area contributed by atoms with Crippen molar-refractivity contribution < 1.29 is 14.3 Å². The molecule has 10 nitrogen and oxygen atoms in total. The molecule has 0 atom stereocenters. The molecule has 3 aliphatic rings. The molecule has 4 heterocycles. The van der Waals surface area contributed by atoms with Crippen molar-refractivity contribution in [3.05, 3.63) is 71.7 Å². The lowest BCUT2D eigenvalue weighted by Crippen LogP contribution is -2.50. The van der Waals surface area contributed by atoms with Crippen LogP contribution in [0.2, 0.25) is 0 Å². The highest BCUT2D eigenvalue weighted by Gasteiger charge is 2.26. The molecular formula is C34H41N7O3. The predicted octanol–water partition coefficient (Wildman–Crippen LogP) is 3.06. The molecule has 230 valence electrons. The van der Waals surface area contributed by atoms with Gasteiger partial charge in [0.2, 0.25) is 5.91 Å². The van der Waals surface area contributed by atoms with Crippen molar-refractivity contribution in [2.45, 2.75) is 25.4 Å². The van der Waals surface area contributed by atoms with E-state index in [1.807, 2.05) is 29.2 Å². The molecule has 0 N–H and O–H groups in total. The number of benzene rings is 2. The van der Waals surface area contributed by atoms with E-state index in [2.05, 4.69) is 57.1 Å². The highest BCUT2D eigenvalue weighted by atomic mass is 16.5. The van der Waals surface area contributed by atoms with Crippen LogP contribution in [-0.2, 0) is 16.0 Å². The molecule has 0 saturated carbocycles. The molecule has 1 amide bonds. The maximum absolute atomic E-state index is 12.9. The fourth-order valence-electron chi connectivity index (χ4n) is 6.05. The number of hydrogen-bond acceptors (Lipinski definition) is 9. The Labute approximate surface area is 259 Å². The number of carbonyl (C=O) groups excluding carboxylic acids is 1. The molecule has 2 aromatic carbocycles. The van der Waals surface area contributed by atoms with E-state index in [0.29, 0.717) is 37.4 Å². The van der Waals surface area contributed by atoms with Gasteiger partial charge in [0.1, 0.15) is 23.7 Å². The van der Waals surface area contributed by atoms with E-state index in [-0.39, 0.29) is 12.0 Å². The molecule has 3 aromatic rings. The van der Waals surface area contributed by atoms with E-state index in [9.17, 15) is 10.1 Å². The summed E-state index contributed by atoms with van der Waals surface area (Å²) >= 11 is 0. The van der Waals surface area contributed by atoms with Crippen LogP contribution in [-0.4, -0.2) is 116 Å². The van der Waals surface area contributed by atoms with E-state index < -0.39 is 0 Å². The van der Waals surface area contributed by atoms with Gasteiger partial charge in [-0.25, -0.2) is 9.97 Å². The molecule has 0 bridgehead atoms. The minimum Gasteiger partial charge on any atom is -0.489 e. The van der Waals surface area contributed by atoms with Gasteiger partial charge in [-0.1, -0.05) is 12.1 Å². The van der Waals surface area contributed by atoms with E-state index in [0.717, 1.165) is 88.0 Å². The van der Waals surface area contributed by atoms with Gasteiger partial charge in [-0.05, 0) is 49.0 Å². The number of aromatic nitrogens is 2. The van der Waals surface area contributed by atoms with Crippen molar-refractivity contribution in [1.82, 2.24) is 24.7 Å². The van der Waals surface area contributed by atoms with Gasteiger partial charge in [-0.2, -0.15) is 5.26 Å². The smallest absolute Gasteiger partial charge is 0.236 e. The summed E-state index contributed by atoms with van der Waals surface area (Å²) in [6, 6.07) is 18.4. The number of rotatable bonds is 8. The van der Waals surface area contributed by atoms with Gasteiger partial charge >= 0.3 is 0 Å². The number of nitriles is 1. The summed E-state index contributed by atoms with van der Waals surface area (Å²) < 4.78 is 11.8. The summed E-state index contributed by atoms with van der Waals surface area (Å²) in [6.45, 7) is 9.10. The lowest BCUT2D eigenvalue weighted by molar-refractivity contribution is -0.134. The first-order chi connectivity index (χ1) is 21.5. The molecule has 6 rings (SSSR count). The van der Waals surface area contributed by atoms with Crippen LogP contribution in [0.4, 0.5) is 5.69 Å². The van der Waals surface area contributed by atoms with Gasteiger partial charge in [-0.15, -0.1) is 0 Å². The molecule has 0 unspecified atom stereocenters. The summed E-state index contributed by atoms with van der Waals surface area (Å²) in [5, 5.41) is 9.94. The van der Waals surface area contributed by atoms with Gasteiger partial charge in [-0.3, -0.25) is 9.69 Å². The summed E-state index contributed by atoms with van der Waals surface area (Å²) in [6.07, 6.45) is 3.88. The van der Waals surface area contributed by atoms with Crippen LogP contribution in [0.3, 0.4) is 0 Å². The number of amides is 1. The number of anilines is 1. The zero-order valence-corrected chi connectivity index (χ0v) is 25.5. The molecule has 10 heteroatoms. The topological polar surface area (TPSA) is 98.1 Å². The van der Waals surface area contributed by atoms with Crippen LogP contribution in [0.25, 0.3) is 11.3 Å². The zero-order valence-electron chi connectivity index (χ0n) is 25.5. The van der Waals surface area contributed by atoms with Crippen LogP contribution >= 0.6 is 0 Å². The molecule has 0 spiro atoms. The Morgan fingerprint density at radius 1 is 0.977 bits per heavy atom. The molecule has 3 saturated heterocycles. The second-order valence-electron chi connectivity index (χ2n) is 11.9. The standard InChI is InChI=1S/C34H41N7O3/c1-38-14-16-39(17-15-38)25-34(42)41-12-9-30(10-13-41)44-32-7-4-27(23-28(32)24-35)31-8-11-36-33(37-31)22-26-2-5-29(6-3-26)40-18-20-43-21-19-40/h2-8,11,23,30H,9-10,12-22,25H2,1H3. The van der Waals surface area contributed by atoms with Crippen molar-refractivity contribution >= 4 is 11.6 Å². The number of carbonyl (C=O) groups is 1. The maximum Gasteiger partial charge on any atom is 0.236 e. The van der Waals surface area contributed by atoms with Crippen LogP contribution in [0.15, 0.2) is 54.7 Å². The van der Waals surface area contributed by atoms with E-state index in [1.54, 1.807) is 6.20 Å². The van der Waals surface area contributed by atoms with E-state index in [1.165, 1.54) is 5.69 Å². The lowest BCUT2D eigenvalue weighted by Gasteiger charge is -2.36. The number of likely N-dealkylation sites (N-methyl/N-ethyl adjacent to an activating group) is 1. The van der Waals surface area contributed by atoms with Gasteiger partial charge in [0.25, 0.3) is 0 Å². The average Bonchev–Trinajstić information content (AvgIpc) is 3.07. The number of piperidine rings is 1. The number of hydrogen-bond donors (Lipinski definition) is 0. The Balaban J connectivity index is 1.04. The van der Waals surface area contributed by atoms with Crippen LogP contribution in [0, 0.1) is 11.3 Å². The number of ether oxygens (including phenoxy) is 2. The third-order valence-electron chi connectivity index (χ3n) is 8.82. The van der Waals surface area contributed by atoms with Gasteiger partial charge in [0, 0.05) is 89.1 Å². The minimum absolute atomic E-state index is 0.0269. The Morgan fingerprint density at radius 3 is 2.45 bits per heavy atom. The fraction of sp³-hybridized carbons (Fsp3) is 0.471. The first-order valence-electron chi connectivity index (χ1n) is 15.7. The number of nitrogens with zero attached hydrogens (tertiary/aromatic N) is 7. The molecule has 3 aliphatic heterocycles. The van der Waals surface area contributed by atoms with Crippen molar-refractivity contribution in [2.75, 3.05) is 84.1 Å². The second kappa shape index (κ2) is 14.2. The van der Waals surface area contributed by atoms with Crippen LogP contribution < -0.4 is 9.64 Å². The van der Waals surface area contributed by atoms with Crippen LogP contribution in [0.1, 0.15) is 29.8 Å². The monoisotopic (exact) mass is 595 g/mol. The lowest BCUT2D eigenvalue weighted by atomic mass is 10.1. The van der Waals surface area contributed by atoms with Crippen molar-refractivity contribution in [3.8, 4) is 23.1 Å². The Bertz CT molecular complexity index is 1450. The highest BCUT2D eigenvalue weighted by Crippen LogP contribution is 2.28. The van der Waals surface area contributed by atoms with Gasteiger partial charge in [0.15, 0.2) is 0 Å². The predicted molar refractivity (Wildman–Crippen MR) is 169 cm³/mol. The number of likely N-dealkylation sites (tertiary alicyclic amines) is 1. The zero-order chi connectivity index (χ0) is 30.3. The first kappa shape index (κ1) is 30.0. The number of morpholine rings is 1. The molecule has 3 fully saturated rings. The maximum atomic E-state index is 12.9. The summed E-state index contributed by atoms with van der Waals surface area (Å²) in [7, 11) is 2.12. The molecular weight excluding hydrogens is 554 g/mol. The summed E-state index contributed by atoms with van der Waals surface area (Å²) in [5.41, 5.74) is 4.46. The fourth-order valence-corrected chi connectivity index (χ4v) is 6.05. The SMILES string of the molecule is CN1CCN(CC(=O)N2CCC(Oc3ccc(-c4ccnc(Cc5ccc(N6CCOCC6)cc5)n4)cc3C#N)CC2)CC1. The van der Waals surface area contributed by atoms with Crippen molar-refractivity contribution in [1.29, 1.82) is 5.26 Å². The van der Waals surface area contributed by atoms with Crippen molar-refractivity contribution in [3.63, 3.8) is 0 Å². The average molecular weight is 596 g/mol. The highest BCUT2D eigenvalue weighted by molar-refractivity contribution is 5.78.